The minimum atomic E-state index is -0.569. The number of carbonyl (C=O) groups is 2. The van der Waals surface area contributed by atoms with Gasteiger partial charge in [0.2, 0.25) is 0 Å². The van der Waals surface area contributed by atoms with E-state index in [0.29, 0.717) is 51.3 Å². The monoisotopic (exact) mass is 683 g/mol. The number of carbonyl (C=O) groups excluding carboxylic acids is 2. The van der Waals surface area contributed by atoms with Crippen molar-refractivity contribution in [2.75, 3.05) is 24.5 Å². The number of hydrogen-bond acceptors (Lipinski definition) is 10. The first-order valence-corrected chi connectivity index (χ1v) is 16.6. The lowest BCUT2D eigenvalue weighted by molar-refractivity contribution is 0.0218. The van der Waals surface area contributed by atoms with Crippen LogP contribution in [-0.2, 0) is 17.7 Å². The van der Waals surface area contributed by atoms with Gasteiger partial charge in [0.25, 0.3) is 5.91 Å². The first-order valence-electron chi connectivity index (χ1n) is 16.3. The van der Waals surface area contributed by atoms with Crippen molar-refractivity contribution in [3.05, 3.63) is 58.3 Å². The molecule has 5 rings (SSSR count). The fourth-order valence-electron chi connectivity index (χ4n) is 5.98. The maximum atomic E-state index is 14.3. The van der Waals surface area contributed by atoms with Gasteiger partial charge in [0.15, 0.2) is 11.0 Å². The van der Waals surface area contributed by atoms with Gasteiger partial charge in [-0.05, 0) is 79.2 Å². The van der Waals surface area contributed by atoms with Crippen LogP contribution in [-0.4, -0.2) is 85.4 Å². The Morgan fingerprint density at radius 3 is 2.40 bits per heavy atom. The molecule has 3 aromatic rings. The average molecular weight is 684 g/mol. The van der Waals surface area contributed by atoms with Crippen LogP contribution in [0, 0.1) is 5.82 Å². The van der Waals surface area contributed by atoms with Gasteiger partial charge in [-0.1, -0.05) is 16.7 Å². The first kappa shape index (κ1) is 35.1. The Labute approximate surface area is 285 Å². The quantitative estimate of drug-likeness (QED) is 0.262. The van der Waals surface area contributed by atoms with E-state index in [4.69, 9.17) is 25.8 Å². The summed E-state index contributed by atoms with van der Waals surface area (Å²) in [5.74, 6) is 0.357. The van der Waals surface area contributed by atoms with Gasteiger partial charge < -0.3 is 28.9 Å². The van der Waals surface area contributed by atoms with E-state index in [-0.39, 0.29) is 52.7 Å². The molecule has 0 atom stereocenters. The van der Waals surface area contributed by atoms with Crippen molar-refractivity contribution in [3.63, 3.8) is 0 Å². The van der Waals surface area contributed by atoms with Crippen LogP contribution in [0.3, 0.4) is 0 Å². The molecule has 2 aliphatic heterocycles. The highest BCUT2D eigenvalue weighted by atomic mass is 35.5. The van der Waals surface area contributed by atoms with Crippen molar-refractivity contribution in [3.8, 4) is 17.5 Å². The summed E-state index contributed by atoms with van der Waals surface area (Å²) in [6, 6.07) is 5.29. The van der Waals surface area contributed by atoms with Crippen LogP contribution < -0.4 is 14.4 Å². The van der Waals surface area contributed by atoms with Gasteiger partial charge in [-0.15, -0.1) is 5.10 Å². The summed E-state index contributed by atoms with van der Waals surface area (Å²) in [7, 11) is 0. The molecule has 0 saturated carbocycles. The van der Waals surface area contributed by atoms with E-state index in [1.54, 1.807) is 16.0 Å². The predicted octanol–water partition coefficient (Wildman–Crippen LogP) is 6.45. The highest BCUT2D eigenvalue weighted by molar-refractivity contribution is 6.31. The SMILES string of the molecule is CC(C)N(C(=O)c1cc(F)ccc1Oc1nnc(Cl)c(N2CCC(Oc3ccnc4c3CCN(C(=O)OC(C)(C)C)C4)CC2)n1)C(C)C. The van der Waals surface area contributed by atoms with E-state index in [0.717, 1.165) is 23.1 Å². The molecular weight excluding hydrogens is 641 g/mol. The van der Waals surface area contributed by atoms with Crippen LogP contribution >= 0.6 is 11.6 Å². The van der Waals surface area contributed by atoms with Crippen molar-refractivity contribution in [2.24, 2.45) is 0 Å². The third-order valence-corrected chi connectivity index (χ3v) is 8.34. The van der Waals surface area contributed by atoms with Gasteiger partial charge in [0.05, 0.1) is 17.8 Å². The molecule has 4 heterocycles. The fourth-order valence-corrected chi connectivity index (χ4v) is 6.18. The van der Waals surface area contributed by atoms with E-state index in [9.17, 15) is 14.0 Å². The second-order valence-corrected chi connectivity index (χ2v) is 13.9. The summed E-state index contributed by atoms with van der Waals surface area (Å²) >= 11 is 6.44. The number of amides is 2. The lowest BCUT2D eigenvalue weighted by atomic mass is 10.0. The molecule has 0 radical (unpaired) electrons. The minimum Gasteiger partial charge on any atom is -0.490 e. The van der Waals surface area contributed by atoms with Crippen molar-refractivity contribution in [2.45, 2.75) is 98.1 Å². The Morgan fingerprint density at radius 1 is 1.02 bits per heavy atom. The molecule has 258 valence electrons. The molecule has 48 heavy (non-hydrogen) atoms. The number of fused-ring (bicyclic) bond motifs is 1. The Morgan fingerprint density at radius 2 is 1.73 bits per heavy atom. The molecule has 2 aromatic heterocycles. The van der Waals surface area contributed by atoms with Crippen LogP contribution in [0.2, 0.25) is 5.15 Å². The topological polar surface area (TPSA) is 123 Å². The molecular formula is C34H43ClFN7O5. The number of pyridine rings is 1. The summed E-state index contributed by atoms with van der Waals surface area (Å²) in [6.45, 7) is 15.2. The molecule has 12 nitrogen and oxygen atoms in total. The number of benzene rings is 1. The Bertz CT molecular complexity index is 1630. The number of anilines is 1. The number of hydrogen-bond donors (Lipinski definition) is 0. The van der Waals surface area contributed by atoms with E-state index in [2.05, 4.69) is 20.2 Å². The molecule has 1 aromatic carbocycles. The lowest BCUT2D eigenvalue weighted by Gasteiger charge is -2.34. The molecule has 0 unspecified atom stereocenters. The van der Waals surface area contributed by atoms with Crippen LogP contribution in [0.5, 0.6) is 17.5 Å². The molecule has 1 fully saturated rings. The Balaban J connectivity index is 1.24. The molecule has 1 saturated heterocycles. The fraction of sp³-hybridized carbons (Fsp3) is 0.529. The van der Waals surface area contributed by atoms with E-state index in [1.165, 1.54) is 12.1 Å². The number of halogens is 2. The van der Waals surface area contributed by atoms with E-state index in [1.807, 2.05) is 59.4 Å². The average Bonchev–Trinajstić information content (AvgIpc) is 3.02. The van der Waals surface area contributed by atoms with Crippen LogP contribution in [0.25, 0.3) is 0 Å². The van der Waals surface area contributed by atoms with Crippen molar-refractivity contribution in [1.82, 2.24) is 30.0 Å². The molecule has 0 N–H and O–H groups in total. The number of rotatable bonds is 8. The molecule has 0 bridgehead atoms. The van der Waals surface area contributed by atoms with Crippen molar-refractivity contribution < 1.29 is 28.2 Å². The second kappa shape index (κ2) is 14.5. The van der Waals surface area contributed by atoms with Crippen LogP contribution in [0.4, 0.5) is 15.0 Å². The minimum absolute atomic E-state index is 0.0569. The molecule has 2 amide bonds. The highest BCUT2D eigenvalue weighted by Crippen LogP contribution is 2.33. The zero-order valence-corrected chi connectivity index (χ0v) is 29.3. The molecule has 0 spiro atoms. The lowest BCUT2D eigenvalue weighted by Crippen LogP contribution is -2.42. The number of piperidine rings is 1. The van der Waals surface area contributed by atoms with Gasteiger partial charge in [-0.2, -0.15) is 4.98 Å². The summed E-state index contributed by atoms with van der Waals surface area (Å²) in [5, 5.41) is 8.15. The van der Waals surface area contributed by atoms with E-state index >= 15 is 0 Å². The normalized spacial score (nSPS) is 15.4. The van der Waals surface area contributed by atoms with Gasteiger partial charge >= 0.3 is 12.1 Å². The highest BCUT2D eigenvalue weighted by Gasteiger charge is 2.31. The number of aromatic nitrogens is 4. The summed E-state index contributed by atoms with van der Waals surface area (Å²) in [4.78, 5) is 40.4. The van der Waals surface area contributed by atoms with Crippen molar-refractivity contribution >= 4 is 29.4 Å². The van der Waals surface area contributed by atoms with Gasteiger partial charge in [-0.25, -0.2) is 9.18 Å². The van der Waals surface area contributed by atoms with Crippen LogP contribution in [0.15, 0.2) is 30.5 Å². The standard InChI is InChI=1S/C34H43ClFN7O5/c1-20(2)43(21(3)4)31(44)25-18-22(36)8-9-27(25)47-32-38-30(29(35)39-40-32)41-15-11-23(12-16-41)46-28-10-14-37-26-19-42(17-13-24(26)28)33(45)48-34(5,6)7/h8-10,14,18,20-21,23H,11-13,15-17,19H2,1-7H3. The maximum Gasteiger partial charge on any atom is 0.410 e. The summed E-state index contributed by atoms with van der Waals surface area (Å²) in [5.41, 5.74) is 1.31. The van der Waals surface area contributed by atoms with Gasteiger partial charge in [-0.3, -0.25) is 9.78 Å². The van der Waals surface area contributed by atoms with Crippen molar-refractivity contribution in [1.29, 1.82) is 0 Å². The Hall–Kier alpha value is -4.26. The smallest absolute Gasteiger partial charge is 0.410 e. The zero-order chi connectivity index (χ0) is 34.7. The Kier molecular flexibility index (Phi) is 10.6. The van der Waals surface area contributed by atoms with Gasteiger partial charge in [0, 0.05) is 56.3 Å². The third kappa shape index (κ3) is 8.23. The third-order valence-electron chi connectivity index (χ3n) is 8.09. The van der Waals surface area contributed by atoms with Crippen LogP contribution in [0.1, 0.15) is 82.9 Å². The molecule has 2 aliphatic rings. The van der Waals surface area contributed by atoms with Gasteiger partial charge in [0.1, 0.15) is 29.0 Å². The second-order valence-electron chi connectivity index (χ2n) is 13.5. The molecule has 14 heteroatoms. The first-order chi connectivity index (χ1) is 22.7. The largest absolute Gasteiger partial charge is 0.490 e. The number of ether oxygens (including phenoxy) is 3. The number of nitrogens with zero attached hydrogens (tertiary/aromatic N) is 7. The summed E-state index contributed by atoms with van der Waals surface area (Å²) < 4.78 is 32.2. The maximum absolute atomic E-state index is 14.3. The van der Waals surface area contributed by atoms with E-state index < -0.39 is 11.4 Å². The predicted molar refractivity (Wildman–Crippen MR) is 178 cm³/mol. The zero-order valence-electron chi connectivity index (χ0n) is 28.5. The summed E-state index contributed by atoms with van der Waals surface area (Å²) in [6.07, 6.45) is 3.30. The molecule has 0 aliphatic carbocycles.